The van der Waals surface area contributed by atoms with E-state index >= 15 is 0 Å². The summed E-state index contributed by atoms with van der Waals surface area (Å²) in [6, 6.07) is 15.7. The van der Waals surface area contributed by atoms with Crippen molar-refractivity contribution in [2.75, 3.05) is 5.23 Å². The molecule has 2 rings (SSSR count). The van der Waals surface area contributed by atoms with Gasteiger partial charge in [-0.2, -0.15) is 0 Å². The van der Waals surface area contributed by atoms with Crippen LogP contribution in [0.3, 0.4) is 0 Å². The van der Waals surface area contributed by atoms with Gasteiger partial charge < -0.3 is 16.2 Å². The number of carbonyl (C=O) groups excluding carboxylic acids is 1. The lowest BCUT2D eigenvalue weighted by Gasteiger charge is -2.22. The molecule has 2 aromatic rings. The molecule has 20 heavy (non-hydrogen) atoms. The standard InChI is InChI=1S/C15H15N2O3/c16-15(18)14(12-4-2-1-3-5-12)10-11-6-8-13(9-7-11)17(19)20/h1-9,14,19H,10H2,(H2,16,18)/q-1. The third-order valence-corrected chi connectivity index (χ3v) is 3.14. The van der Waals surface area contributed by atoms with Crippen molar-refractivity contribution >= 4 is 11.6 Å². The minimum Gasteiger partial charge on any atom is -0.733 e. The largest absolute Gasteiger partial charge is 0.733 e. The van der Waals surface area contributed by atoms with Gasteiger partial charge in [0.15, 0.2) is 0 Å². The molecular formula is C15H15N2O3-. The van der Waals surface area contributed by atoms with Crippen molar-refractivity contribution in [1.82, 2.24) is 0 Å². The van der Waals surface area contributed by atoms with Crippen molar-refractivity contribution < 1.29 is 10.0 Å². The summed E-state index contributed by atoms with van der Waals surface area (Å²) < 4.78 is 0. The van der Waals surface area contributed by atoms with Crippen molar-refractivity contribution in [2.45, 2.75) is 12.3 Å². The van der Waals surface area contributed by atoms with Crippen molar-refractivity contribution in [2.24, 2.45) is 5.73 Å². The van der Waals surface area contributed by atoms with Crippen LogP contribution in [0.5, 0.6) is 0 Å². The first-order chi connectivity index (χ1) is 9.58. The van der Waals surface area contributed by atoms with E-state index in [1.807, 2.05) is 30.3 Å². The van der Waals surface area contributed by atoms with Gasteiger partial charge in [-0.25, -0.2) is 0 Å². The minimum absolute atomic E-state index is 0.143. The van der Waals surface area contributed by atoms with Gasteiger partial charge in [0, 0.05) is 0 Å². The molecule has 0 radical (unpaired) electrons. The Hall–Kier alpha value is -2.37. The van der Waals surface area contributed by atoms with Crippen LogP contribution in [-0.4, -0.2) is 11.1 Å². The van der Waals surface area contributed by atoms with Crippen LogP contribution in [0, 0.1) is 5.21 Å². The molecule has 5 heteroatoms. The topological polar surface area (TPSA) is 89.6 Å². The zero-order chi connectivity index (χ0) is 14.5. The predicted molar refractivity (Wildman–Crippen MR) is 76.2 cm³/mol. The van der Waals surface area contributed by atoms with Gasteiger partial charge in [0.25, 0.3) is 0 Å². The first-order valence-corrected chi connectivity index (χ1v) is 6.17. The second-order valence-electron chi connectivity index (χ2n) is 4.51. The molecule has 1 atom stereocenters. The van der Waals surface area contributed by atoms with Gasteiger partial charge in [0.2, 0.25) is 5.91 Å². The molecule has 0 fully saturated rings. The van der Waals surface area contributed by atoms with Gasteiger partial charge in [-0.3, -0.25) is 10.0 Å². The fourth-order valence-corrected chi connectivity index (χ4v) is 2.06. The summed E-state index contributed by atoms with van der Waals surface area (Å²) in [5.74, 6) is -0.813. The molecule has 0 saturated carbocycles. The quantitative estimate of drug-likeness (QED) is 0.816. The van der Waals surface area contributed by atoms with Crippen molar-refractivity contribution in [3.8, 4) is 0 Å². The molecule has 0 aromatic heterocycles. The van der Waals surface area contributed by atoms with E-state index in [9.17, 15) is 10.0 Å². The van der Waals surface area contributed by atoms with Gasteiger partial charge in [-0.1, -0.05) is 42.5 Å². The molecule has 104 valence electrons. The summed E-state index contributed by atoms with van der Waals surface area (Å²) in [5, 5.41) is 19.3. The maximum Gasteiger partial charge on any atom is 0.225 e. The lowest BCUT2D eigenvalue weighted by atomic mass is 9.91. The Labute approximate surface area is 116 Å². The second-order valence-corrected chi connectivity index (χ2v) is 4.51. The average molecular weight is 271 g/mol. The fraction of sp³-hybridized carbons (Fsp3) is 0.133. The zero-order valence-electron chi connectivity index (χ0n) is 10.8. The van der Waals surface area contributed by atoms with Gasteiger partial charge >= 0.3 is 0 Å². The van der Waals surface area contributed by atoms with Crippen LogP contribution in [0.4, 0.5) is 5.69 Å². The average Bonchev–Trinajstić information content (AvgIpc) is 2.46. The van der Waals surface area contributed by atoms with E-state index in [0.29, 0.717) is 6.42 Å². The van der Waals surface area contributed by atoms with E-state index in [1.54, 1.807) is 12.1 Å². The van der Waals surface area contributed by atoms with E-state index in [0.717, 1.165) is 11.1 Å². The summed E-state index contributed by atoms with van der Waals surface area (Å²) in [6.07, 6.45) is 0.448. The number of hydrogen-bond acceptors (Lipinski definition) is 4. The fourth-order valence-electron chi connectivity index (χ4n) is 2.06. The maximum absolute atomic E-state index is 11.6. The van der Waals surface area contributed by atoms with E-state index in [2.05, 4.69) is 0 Å². The van der Waals surface area contributed by atoms with Crippen molar-refractivity contribution in [3.63, 3.8) is 0 Å². The summed E-state index contributed by atoms with van der Waals surface area (Å²) in [7, 11) is 0. The molecule has 2 aromatic carbocycles. The minimum atomic E-state index is -0.417. The molecule has 1 amide bonds. The van der Waals surface area contributed by atoms with E-state index in [4.69, 9.17) is 10.9 Å². The lowest BCUT2D eigenvalue weighted by molar-refractivity contribution is -0.119. The summed E-state index contributed by atoms with van der Waals surface area (Å²) in [4.78, 5) is 11.6. The Bertz CT molecular complexity index is 567. The van der Waals surface area contributed by atoms with Crippen LogP contribution in [0.15, 0.2) is 54.6 Å². The van der Waals surface area contributed by atoms with Crippen molar-refractivity contribution in [3.05, 3.63) is 70.9 Å². The molecule has 3 N–H and O–H groups in total. The third kappa shape index (κ3) is 3.34. The van der Waals surface area contributed by atoms with Crippen LogP contribution < -0.4 is 11.0 Å². The monoisotopic (exact) mass is 271 g/mol. The molecular weight excluding hydrogens is 256 g/mol. The number of amides is 1. The molecule has 0 saturated heterocycles. The van der Waals surface area contributed by atoms with Gasteiger partial charge in [0.05, 0.1) is 11.6 Å². The number of benzene rings is 2. The van der Waals surface area contributed by atoms with Gasteiger partial charge in [0.1, 0.15) is 0 Å². The third-order valence-electron chi connectivity index (χ3n) is 3.14. The summed E-state index contributed by atoms with van der Waals surface area (Å²) in [6.45, 7) is 0. The van der Waals surface area contributed by atoms with E-state index < -0.39 is 11.8 Å². The number of nitrogens with zero attached hydrogens (tertiary/aromatic N) is 1. The van der Waals surface area contributed by atoms with Crippen LogP contribution in [-0.2, 0) is 11.2 Å². The number of nitrogens with two attached hydrogens (primary N) is 1. The molecule has 0 aliphatic rings. The van der Waals surface area contributed by atoms with Crippen LogP contribution in [0.25, 0.3) is 0 Å². The molecule has 0 aliphatic heterocycles. The number of carbonyl (C=O) groups is 1. The van der Waals surface area contributed by atoms with E-state index in [1.165, 1.54) is 12.1 Å². The first-order valence-electron chi connectivity index (χ1n) is 6.17. The number of anilines is 1. The smallest absolute Gasteiger partial charge is 0.225 e. The van der Waals surface area contributed by atoms with Crippen LogP contribution in [0.1, 0.15) is 17.0 Å². The molecule has 0 aliphatic carbocycles. The Morgan fingerprint density at radius 2 is 1.75 bits per heavy atom. The van der Waals surface area contributed by atoms with Crippen LogP contribution in [0.2, 0.25) is 0 Å². The number of hydrogen-bond donors (Lipinski definition) is 2. The predicted octanol–water partition coefficient (Wildman–Crippen LogP) is 2.19. The van der Waals surface area contributed by atoms with Crippen molar-refractivity contribution in [1.29, 1.82) is 0 Å². The Morgan fingerprint density at radius 1 is 1.15 bits per heavy atom. The number of primary amides is 1. The molecule has 5 nitrogen and oxygen atoms in total. The highest BCUT2D eigenvalue weighted by atomic mass is 16.8. The normalized spacial score (nSPS) is 11.9. The molecule has 0 bridgehead atoms. The van der Waals surface area contributed by atoms with Gasteiger partial charge in [-0.15, -0.1) is 0 Å². The Balaban J connectivity index is 2.19. The maximum atomic E-state index is 11.6. The molecule has 0 heterocycles. The molecule has 1 unspecified atom stereocenters. The second kappa shape index (κ2) is 6.18. The molecule has 0 spiro atoms. The highest BCUT2D eigenvalue weighted by Gasteiger charge is 2.18. The van der Waals surface area contributed by atoms with Crippen LogP contribution >= 0.6 is 0 Å². The van der Waals surface area contributed by atoms with E-state index in [-0.39, 0.29) is 10.9 Å². The lowest BCUT2D eigenvalue weighted by Crippen LogP contribution is -2.23. The first kappa shape index (κ1) is 14.0. The SMILES string of the molecule is NC(=O)C(Cc1ccc(N([O-])O)cc1)c1ccccc1. The highest BCUT2D eigenvalue weighted by Crippen LogP contribution is 2.22. The Morgan fingerprint density at radius 3 is 2.25 bits per heavy atom. The highest BCUT2D eigenvalue weighted by molar-refractivity contribution is 5.82. The summed E-state index contributed by atoms with van der Waals surface area (Å²) >= 11 is 0. The zero-order valence-corrected chi connectivity index (χ0v) is 10.8. The number of rotatable bonds is 5. The Kier molecular flexibility index (Phi) is 4.34. The van der Waals surface area contributed by atoms with Gasteiger partial charge in [-0.05, 0) is 29.7 Å². The summed E-state index contributed by atoms with van der Waals surface area (Å²) in [5.41, 5.74) is 7.32.